The second-order valence-electron chi connectivity index (χ2n) is 6.83. The lowest BCUT2D eigenvalue weighted by molar-refractivity contribution is 0.000628. The Hall–Kier alpha value is -0.0800. The fourth-order valence-corrected chi connectivity index (χ4v) is 4.43. The van der Waals surface area contributed by atoms with E-state index in [1.807, 2.05) is 0 Å². The zero-order valence-corrected chi connectivity index (χ0v) is 13.0. The maximum Gasteiger partial charge on any atom is 0.0334 e. The molecule has 1 aliphatic carbocycles. The van der Waals surface area contributed by atoms with Gasteiger partial charge in [0, 0.05) is 18.1 Å². The van der Waals surface area contributed by atoms with Crippen molar-refractivity contribution in [2.75, 3.05) is 13.1 Å². The van der Waals surface area contributed by atoms with Gasteiger partial charge in [0.2, 0.25) is 0 Å². The molecule has 0 amide bonds. The molecule has 1 saturated heterocycles. The molecular formula is C17H34N2. The van der Waals surface area contributed by atoms with Gasteiger partial charge in [-0.1, -0.05) is 51.9 Å². The lowest BCUT2D eigenvalue weighted by Gasteiger charge is -2.51. The van der Waals surface area contributed by atoms with Crippen LogP contribution in [0.15, 0.2) is 0 Å². The summed E-state index contributed by atoms with van der Waals surface area (Å²) in [7, 11) is 0. The Morgan fingerprint density at radius 2 is 1.68 bits per heavy atom. The highest BCUT2D eigenvalue weighted by Crippen LogP contribution is 2.36. The molecule has 1 aliphatic heterocycles. The van der Waals surface area contributed by atoms with Crippen LogP contribution in [0.2, 0.25) is 0 Å². The third-order valence-corrected chi connectivity index (χ3v) is 5.52. The average Bonchev–Trinajstić information content (AvgIpc) is 2.41. The van der Waals surface area contributed by atoms with E-state index in [0.717, 1.165) is 12.6 Å². The minimum atomic E-state index is 0.348. The quantitative estimate of drug-likeness (QED) is 0.830. The number of piperidine rings is 1. The van der Waals surface area contributed by atoms with E-state index in [1.165, 1.54) is 83.6 Å². The highest BCUT2D eigenvalue weighted by molar-refractivity contribution is 4.97. The summed E-state index contributed by atoms with van der Waals surface area (Å²) in [6.07, 6.45) is 16.7. The van der Waals surface area contributed by atoms with Crippen LogP contribution in [0, 0.1) is 0 Å². The summed E-state index contributed by atoms with van der Waals surface area (Å²) in [6, 6.07) is 0.821. The zero-order valence-electron chi connectivity index (χ0n) is 13.0. The smallest absolute Gasteiger partial charge is 0.0334 e. The third kappa shape index (κ3) is 3.72. The molecule has 0 spiro atoms. The molecule has 2 heteroatoms. The van der Waals surface area contributed by atoms with Crippen LogP contribution in [0.25, 0.3) is 0 Å². The zero-order chi connectivity index (χ0) is 13.6. The summed E-state index contributed by atoms with van der Waals surface area (Å²) in [5, 5.41) is 0. The minimum Gasteiger partial charge on any atom is -0.329 e. The van der Waals surface area contributed by atoms with E-state index in [2.05, 4.69) is 11.8 Å². The number of likely N-dealkylation sites (tertiary alicyclic amines) is 1. The van der Waals surface area contributed by atoms with Crippen molar-refractivity contribution in [1.29, 1.82) is 0 Å². The molecule has 0 aromatic rings. The largest absolute Gasteiger partial charge is 0.329 e. The number of nitrogens with zero attached hydrogens (tertiary/aromatic N) is 1. The Labute approximate surface area is 120 Å². The van der Waals surface area contributed by atoms with E-state index in [0.29, 0.717) is 5.54 Å². The lowest BCUT2D eigenvalue weighted by atomic mass is 9.79. The van der Waals surface area contributed by atoms with E-state index in [4.69, 9.17) is 5.73 Å². The summed E-state index contributed by atoms with van der Waals surface area (Å²) in [6.45, 7) is 4.52. The summed E-state index contributed by atoms with van der Waals surface area (Å²) in [5.74, 6) is 0. The van der Waals surface area contributed by atoms with E-state index in [1.54, 1.807) is 0 Å². The summed E-state index contributed by atoms with van der Waals surface area (Å²) >= 11 is 0. The number of hydrogen-bond acceptors (Lipinski definition) is 2. The van der Waals surface area contributed by atoms with Gasteiger partial charge in [-0.15, -0.1) is 0 Å². The summed E-state index contributed by atoms with van der Waals surface area (Å²) in [5.41, 5.74) is 6.65. The first kappa shape index (κ1) is 15.3. The monoisotopic (exact) mass is 266 g/mol. The predicted molar refractivity (Wildman–Crippen MR) is 83.4 cm³/mol. The van der Waals surface area contributed by atoms with Crippen molar-refractivity contribution in [3.8, 4) is 0 Å². The fraction of sp³-hybridized carbons (Fsp3) is 1.00. The van der Waals surface area contributed by atoms with Crippen LogP contribution in [-0.2, 0) is 0 Å². The highest BCUT2D eigenvalue weighted by Gasteiger charge is 2.39. The molecule has 0 radical (unpaired) electrons. The van der Waals surface area contributed by atoms with E-state index >= 15 is 0 Å². The van der Waals surface area contributed by atoms with Gasteiger partial charge in [0.25, 0.3) is 0 Å². The summed E-state index contributed by atoms with van der Waals surface area (Å²) in [4.78, 5) is 2.87. The van der Waals surface area contributed by atoms with Gasteiger partial charge >= 0.3 is 0 Å². The van der Waals surface area contributed by atoms with Crippen molar-refractivity contribution in [2.24, 2.45) is 5.73 Å². The molecule has 19 heavy (non-hydrogen) atoms. The van der Waals surface area contributed by atoms with Gasteiger partial charge in [0.05, 0.1) is 0 Å². The second-order valence-corrected chi connectivity index (χ2v) is 6.83. The first-order valence-electron chi connectivity index (χ1n) is 8.79. The molecule has 1 atom stereocenters. The molecule has 2 fully saturated rings. The van der Waals surface area contributed by atoms with Crippen molar-refractivity contribution >= 4 is 0 Å². The molecule has 0 bridgehead atoms. The molecule has 0 aromatic carbocycles. The SMILES string of the molecule is CCCC1CCCCN1C1(CN)CCCCCCC1. The van der Waals surface area contributed by atoms with Crippen LogP contribution in [-0.4, -0.2) is 29.6 Å². The van der Waals surface area contributed by atoms with E-state index in [-0.39, 0.29) is 0 Å². The van der Waals surface area contributed by atoms with Crippen LogP contribution in [0.4, 0.5) is 0 Å². The second kappa shape index (κ2) is 7.64. The van der Waals surface area contributed by atoms with Gasteiger partial charge in [-0.3, -0.25) is 4.90 Å². The number of nitrogens with two attached hydrogens (primary N) is 1. The molecule has 2 nitrogen and oxygen atoms in total. The molecule has 112 valence electrons. The van der Waals surface area contributed by atoms with E-state index < -0.39 is 0 Å². The van der Waals surface area contributed by atoms with Crippen LogP contribution < -0.4 is 5.73 Å². The molecular weight excluding hydrogens is 232 g/mol. The topological polar surface area (TPSA) is 29.3 Å². The minimum absolute atomic E-state index is 0.348. The van der Waals surface area contributed by atoms with Crippen LogP contribution >= 0.6 is 0 Å². The van der Waals surface area contributed by atoms with Gasteiger partial charge in [0.15, 0.2) is 0 Å². The number of rotatable bonds is 4. The highest BCUT2D eigenvalue weighted by atomic mass is 15.2. The first-order valence-corrected chi connectivity index (χ1v) is 8.79. The molecule has 2 aliphatic rings. The van der Waals surface area contributed by atoms with Crippen molar-refractivity contribution in [1.82, 2.24) is 4.90 Å². The van der Waals surface area contributed by atoms with Gasteiger partial charge in [0.1, 0.15) is 0 Å². The molecule has 1 heterocycles. The lowest BCUT2D eigenvalue weighted by Crippen LogP contribution is -2.59. The molecule has 1 saturated carbocycles. The van der Waals surface area contributed by atoms with Crippen molar-refractivity contribution < 1.29 is 0 Å². The predicted octanol–water partition coefficient (Wildman–Crippen LogP) is 4.08. The molecule has 1 unspecified atom stereocenters. The van der Waals surface area contributed by atoms with Crippen LogP contribution in [0.5, 0.6) is 0 Å². The van der Waals surface area contributed by atoms with Crippen molar-refractivity contribution in [3.05, 3.63) is 0 Å². The number of hydrogen-bond donors (Lipinski definition) is 1. The molecule has 2 N–H and O–H groups in total. The van der Waals surface area contributed by atoms with Crippen molar-refractivity contribution in [2.45, 2.75) is 95.6 Å². The third-order valence-electron chi connectivity index (χ3n) is 5.52. The normalized spacial score (nSPS) is 29.7. The Balaban J connectivity index is 2.10. The van der Waals surface area contributed by atoms with Crippen molar-refractivity contribution in [3.63, 3.8) is 0 Å². The van der Waals surface area contributed by atoms with Gasteiger partial charge in [-0.05, 0) is 38.6 Å². The summed E-state index contributed by atoms with van der Waals surface area (Å²) < 4.78 is 0. The maximum absolute atomic E-state index is 6.31. The standard InChI is InChI=1S/C17H34N2/c1-2-10-16-11-6-9-14-19(16)17(15-18)12-7-4-3-5-8-13-17/h16H,2-15,18H2,1H3. The molecule has 2 rings (SSSR count). The van der Waals surface area contributed by atoms with Gasteiger partial charge < -0.3 is 5.73 Å². The van der Waals surface area contributed by atoms with Crippen LogP contribution in [0.3, 0.4) is 0 Å². The average molecular weight is 266 g/mol. The molecule has 0 aromatic heterocycles. The maximum atomic E-state index is 6.31. The van der Waals surface area contributed by atoms with Gasteiger partial charge in [-0.2, -0.15) is 0 Å². The van der Waals surface area contributed by atoms with E-state index in [9.17, 15) is 0 Å². The Morgan fingerprint density at radius 1 is 1.00 bits per heavy atom. The fourth-order valence-electron chi connectivity index (χ4n) is 4.43. The Bertz CT molecular complexity index is 242. The Kier molecular flexibility index (Phi) is 6.15. The first-order chi connectivity index (χ1) is 9.32. The van der Waals surface area contributed by atoms with Gasteiger partial charge in [-0.25, -0.2) is 0 Å². The van der Waals surface area contributed by atoms with Crippen LogP contribution in [0.1, 0.15) is 84.0 Å². The Morgan fingerprint density at radius 3 is 2.32 bits per heavy atom.